The zero-order valence-corrected chi connectivity index (χ0v) is 15.7. The Bertz CT molecular complexity index is 1030. The van der Waals surface area contributed by atoms with Crippen molar-refractivity contribution in [3.8, 4) is 11.4 Å². The summed E-state index contributed by atoms with van der Waals surface area (Å²) in [5.74, 6) is 0.826. The second-order valence-electron chi connectivity index (χ2n) is 5.23. The van der Waals surface area contributed by atoms with E-state index in [2.05, 4.69) is 52.6 Å². The molecule has 3 aromatic heterocycles. The molecule has 0 unspecified atom stereocenters. The molecule has 0 saturated heterocycles. The second kappa shape index (κ2) is 6.89. The highest BCUT2D eigenvalue weighted by Crippen LogP contribution is 2.33. The minimum atomic E-state index is 0.764. The summed E-state index contributed by atoms with van der Waals surface area (Å²) in [6.45, 7) is 2.84. The van der Waals surface area contributed by atoms with Gasteiger partial charge in [0.25, 0.3) is 0 Å². The lowest BCUT2D eigenvalue weighted by atomic mass is 10.2. The Morgan fingerprint density at radius 3 is 2.72 bits per heavy atom. The number of halogens is 1. The van der Waals surface area contributed by atoms with Crippen LogP contribution in [0.15, 0.2) is 63.7 Å². The van der Waals surface area contributed by atoms with Gasteiger partial charge in [-0.15, -0.1) is 10.2 Å². The van der Waals surface area contributed by atoms with Gasteiger partial charge in [-0.25, -0.2) is 9.97 Å². The molecule has 3 heterocycles. The molecule has 0 aliphatic heterocycles. The van der Waals surface area contributed by atoms with Gasteiger partial charge in [0.15, 0.2) is 11.0 Å². The monoisotopic (exact) mass is 412 g/mol. The zero-order valence-electron chi connectivity index (χ0n) is 13.3. The number of fused-ring (bicyclic) bond motifs is 1. The maximum Gasteiger partial charge on any atom is 0.197 e. The number of pyridine rings is 1. The van der Waals surface area contributed by atoms with Crippen LogP contribution in [-0.2, 0) is 6.54 Å². The van der Waals surface area contributed by atoms with Crippen molar-refractivity contribution in [1.82, 2.24) is 29.7 Å². The van der Waals surface area contributed by atoms with Crippen molar-refractivity contribution in [3.05, 3.63) is 53.5 Å². The molecule has 6 nitrogen and oxygen atoms in total. The van der Waals surface area contributed by atoms with Crippen molar-refractivity contribution in [2.75, 3.05) is 0 Å². The molecule has 0 N–H and O–H groups in total. The molecule has 0 aliphatic carbocycles. The van der Waals surface area contributed by atoms with Crippen LogP contribution in [0.25, 0.3) is 22.3 Å². The lowest BCUT2D eigenvalue weighted by Crippen LogP contribution is -2.00. The Balaban J connectivity index is 1.77. The third kappa shape index (κ3) is 3.14. The minimum absolute atomic E-state index is 0.764. The summed E-state index contributed by atoms with van der Waals surface area (Å²) in [5.41, 5.74) is 1.89. The van der Waals surface area contributed by atoms with Crippen LogP contribution in [-0.4, -0.2) is 29.7 Å². The van der Waals surface area contributed by atoms with Crippen LogP contribution in [0.5, 0.6) is 0 Å². The van der Waals surface area contributed by atoms with Crippen LogP contribution in [0.1, 0.15) is 6.92 Å². The average Bonchev–Trinajstić information content (AvgIpc) is 3.05. The normalized spacial score (nSPS) is 11.1. The molecule has 8 heteroatoms. The molecule has 0 spiro atoms. The van der Waals surface area contributed by atoms with Gasteiger partial charge in [-0.1, -0.05) is 15.9 Å². The van der Waals surface area contributed by atoms with Crippen molar-refractivity contribution < 1.29 is 0 Å². The van der Waals surface area contributed by atoms with Crippen molar-refractivity contribution in [2.24, 2.45) is 0 Å². The third-order valence-corrected chi connectivity index (χ3v) is 5.22. The molecule has 0 bridgehead atoms. The Hall–Kier alpha value is -2.32. The molecule has 0 radical (unpaired) electrons. The van der Waals surface area contributed by atoms with Gasteiger partial charge in [-0.05, 0) is 49.0 Å². The molecule has 4 rings (SSSR count). The number of hydrogen-bond acceptors (Lipinski definition) is 6. The van der Waals surface area contributed by atoms with Crippen LogP contribution < -0.4 is 0 Å². The standard InChI is InChI=1S/C17H13BrN6S/c1-2-24-15(11-5-7-19-8-6-11)22-23-17(24)25-16-13-9-12(18)3-4-14(13)20-10-21-16/h3-10H,2H2,1H3. The van der Waals surface area contributed by atoms with E-state index in [9.17, 15) is 0 Å². The molecule has 1 aromatic carbocycles. The van der Waals surface area contributed by atoms with Crippen LogP contribution in [0.2, 0.25) is 0 Å². The van der Waals surface area contributed by atoms with Gasteiger partial charge in [0.05, 0.1) is 5.52 Å². The molecule has 0 amide bonds. The fourth-order valence-electron chi connectivity index (χ4n) is 2.54. The van der Waals surface area contributed by atoms with Gasteiger partial charge in [-0.2, -0.15) is 0 Å². The summed E-state index contributed by atoms with van der Waals surface area (Å²) >= 11 is 5.01. The molecule has 4 aromatic rings. The largest absolute Gasteiger partial charge is 0.302 e. The molecule has 0 atom stereocenters. The third-order valence-electron chi connectivity index (χ3n) is 3.72. The molecular formula is C17H13BrN6S. The number of benzene rings is 1. The fourth-order valence-corrected chi connectivity index (χ4v) is 3.85. The van der Waals surface area contributed by atoms with E-state index in [1.807, 2.05) is 30.3 Å². The van der Waals surface area contributed by atoms with Gasteiger partial charge in [0, 0.05) is 34.4 Å². The number of nitrogens with zero attached hydrogens (tertiary/aromatic N) is 6. The SMILES string of the molecule is CCn1c(Sc2ncnc3ccc(Br)cc23)nnc1-c1ccncc1. The van der Waals surface area contributed by atoms with E-state index in [1.54, 1.807) is 18.7 Å². The Morgan fingerprint density at radius 2 is 1.92 bits per heavy atom. The first-order valence-corrected chi connectivity index (χ1v) is 9.29. The molecule has 25 heavy (non-hydrogen) atoms. The van der Waals surface area contributed by atoms with Crippen molar-refractivity contribution in [2.45, 2.75) is 23.7 Å². The minimum Gasteiger partial charge on any atom is -0.302 e. The maximum absolute atomic E-state index is 4.44. The van der Waals surface area contributed by atoms with E-state index < -0.39 is 0 Å². The Morgan fingerprint density at radius 1 is 1.08 bits per heavy atom. The van der Waals surface area contributed by atoms with E-state index >= 15 is 0 Å². The molecular weight excluding hydrogens is 400 g/mol. The van der Waals surface area contributed by atoms with Crippen molar-refractivity contribution in [1.29, 1.82) is 0 Å². The highest BCUT2D eigenvalue weighted by Gasteiger charge is 2.16. The second-order valence-corrected chi connectivity index (χ2v) is 7.10. The average molecular weight is 413 g/mol. The summed E-state index contributed by atoms with van der Waals surface area (Å²) < 4.78 is 3.07. The molecule has 0 aliphatic rings. The van der Waals surface area contributed by atoms with Crippen LogP contribution >= 0.6 is 27.7 Å². The van der Waals surface area contributed by atoms with Crippen LogP contribution in [0, 0.1) is 0 Å². The number of hydrogen-bond donors (Lipinski definition) is 0. The predicted octanol–water partition coefficient (Wildman–Crippen LogP) is 4.22. The summed E-state index contributed by atoms with van der Waals surface area (Å²) in [7, 11) is 0. The summed E-state index contributed by atoms with van der Waals surface area (Å²) in [4.78, 5) is 12.8. The van der Waals surface area contributed by atoms with E-state index in [0.29, 0.717) is 0 Å². The summed E-state index contributed by atoms with van der Waals surface area (Å²) in [6.07, 6.45) is 5.09. The van der Waals surface area contributed by atoms with Crippen molar-refractivity contribution in [3.63, 3.8) is 0 Å². The first kappa shape index (κ1) is 16.2. The molecule has 0 saturated carbocycles. The number of aromatic nitrogens is 6. The molecule has 124 valence electrons. The first-order valence-electron chi connectivity index (χ1n) is 7.68. The lowest BCUT2D eigenvalue weighted by Gasteiger charge is -2.08. The van der Waals surface area contributed by atoms with Gasteiger partial charge in [0.1, 0.15) is 11.4 Å². The lowest BCUT2D eigenvalue weighted by molar-refractivity contribution is 0.687. The quantitative estimate of drug-likeness (QED) is 0.467. The van der Waals surface area contributed by atoms with Crippen LogP contribution in [0.3, 0.4) is 0 Å². The number of rotatable bonds is 4. The molecule has 0 fully saturated rings. The highest BCUT2D eigenvalue weighted by molar-refractivity contribution is 9.10. The van der Waals surface area contributed by atoms with Gasteiger partial charge in [-0.3, -0.25) is 4.98 Å². The first-order chi connectivity index (χ1) is 12.3. The summed E-state index contributed by atoms with van der Waals surface area (Å²) in [6, 6.07) is 9.83. The van der Waals surface area contributed by atoms with E-state index in [1.165, 1.54) is 11.8 Å². The van der Waals surface area contributed by atoms with Gasteiger partial charge in [0.2, 0.25) is 0 Å². The maximum atomic E-state index is 4.44. The summed E-state index contributed by atoms with van der Waals surface area (Å²) in [5, 5.41) is 11.4. The predicted molar refractivity (Wildman–Crippen MR) is 100 cm³/mol. The topological polar surface area (TPSA) is 69.4 Å². The van der Waals surface area contributed by atoms with Gasteiger partial charge < -0.3 is 4.57 Å². The van der Waals surface area contributed by atoms with Crippen molar-refractivity contribution >= 4 is 38.6 Å². The highest BCUT2D eigenvalue weighted by atomic mass is 79.9. The van der Waals surface area contributed by atoms with E-state index in [4.69, 9.17) is 0 Å². The Labute approximate surface area is 156 Å². The van der Waals surface area contributed by atoms with E-state index in [0.717, 1.165) is 43.5 Å². The zero-order chi connectivity index (χ0) is 17.2. The smallest absolute Gasteiger partial charge is 0.197 e. The van der Waals surface area contributed by atoms with Crippen LogP contribution in [0.4, 0.5) is 0 Å². The fraction of sp³-hybridized carbons (Fsp3) is 0.118. The Kier molecular flexibility index (Phi) is 4.46. The van der Waals surface area contributed by atoms with E-state index in [-0.39, 0.29) is 0 Å². The van der Waals surface area contributed by atoms with Gasteiger partial charge >= 0.3 is 0 Å².